The second-order valence-electron chi connectivity index (χ2n) is 6.11. The summed E-state index contributed by atoms with van der Waals surface area (Å²) in [5, 5.41) is 5.57. The molecule has 2 N–H and O–H groups in total. The van der Waals surface area contributed by atoms with E-state index in [1.807, 2.05) is 26.8 Å². The smallest absolute Gasteiger partial charge is 0.317 e. The highest BCUT2D eigenvalue weighted by Crippen LogP contribution is 2.25. The number of hydrogen-bond donors (Lipinski definition) is 2. The number of urea groups is 1. The van der Waals surface area contributed by atoms with Gasteiger partial charge in [-0.25, -0.2) is 4.79 Å². The molecule has 0 atom stereocenters. The maximum Gasteiger partial charge on any atom is 0.317 e. The summed E-state index contributed by atoms with van der Waals surface area (Å²) in [6, 6.07) is 12.2. The summed E-state index contributed by atoms with van der Waals surface area (Å²) in [7, 11) is 0. The lowest BCUT2D eigenvalue weighted by atomic mass is 10.1. The molecular weight excluding hydrogens is 300 g/mol. The van der Waals surface area contributed by atoms with E-state index in [-0.39, 0.29) is 12.8 Å². The summed E-state index contributed by atoms with van der Waals surface area (Å²) in [4.78, 5) is 11.8. The first kappa shape index (κ1) is 17.9. The predicted octanol–water partition coefficient (Wildman–Crippen LogP) is 3.80. The van der Waals surface area contributed by atoms with Crippen molar-refractivity contribution in [3.05, 3.63) is 64.2 Å². The van der Waals surface area contributed by atoms with Crippen molar-refractivity contribution in [2.45, 2.75) is 34.1 Å². The first-order chi connectivity index (χ1) is 11.5. The maximum absolute atomic E-state index is 11.8. The first-order valence-corrected chi connectivity index (χ1v) is 8.24. The Morgan fingerprint density at radius 1 is 0.917 bits per heavy atom. The normalized spacial score (nSPS) is 10.3. The van der Waals surface area contributed by atoms with Crippen LogP contribution < -0.4 is 15.4 Å². The number of rotatable bonds is 6. The van der Waals surface area contributed by atoms with Crippen molar-refractivity contribution in [1.29, 1.82) is 0 Å². The van der Waals surface area contributed by atoms with Gasteiger partial charge in [-0.15, -0.1) is 0 Å². The number of ether oxygens (including phenoxy) is 1. The molecule has 0 aliphatic carbocycles. The summed E-state index contributed by atoms with van der Waals surface area (Å²) in [5.41, 5.74) is 5.81. The molecule has 2 aromatic carbocycles. The van der Waals surface area contributed by atoms with Gasteiger partial charge in [0.2, 0.25) is 0 Å². The van der Waals surface area contributed by atoms with Crippen LogP contribution >= 0.6 is 0 Å². The van der Waals surface area contributed by atoms with Gasteiger partial charge in [0.1, 0.15) is 5.75 Å². The average molecular weight is 326 g/mol. The third-order valence-corrected chi connectivity index (χ3v) is 4.14. The number of carbonyl (C=O) groups is 1. The van der Waals surface area contributed by atoms with Crippen LogP contribution in [-0.4, -0.2) is 19.3 Å². The summed E-state index contributed by atoms with van der Waals surface area (Å²) in [6.45, 7) is 8.89. The molecule has 0 unspecified atom stereocenters. The van der Waals surface area contributed by atoms with Crippen LogP contribution in [0.4, 0.5) is 4.79 Å². The van der Waals surface area contributed by atoms with E-state index in [2.05, 4.69) is 47.9 Å². The van der Waals surface area contributed by atoms with Gasteiger partial charge in [0.05, 0.1) is 0 Å². The van der Waals surface area contributed by atoms with Gasteiger partial charge in [0.15, 0.2) is 6.73 Å². The fraction of sp³-hybridized carbons (Fsp3) is 0.350. The van der Waals surface area contributed by atoms with Gasteiger partial charge < -0.3 is 15.4 Å². The van der Waals surface area contributed by atoms with E-state index in [1.165, 1.54) is 16.7 Å². The summed E-state index contributed by atoms with van der Waals surface area (Å²) < 4.78 is 5.72. The monoisotopic (exact) mass is 326 g/mol. The van der Waals surface area contributed by atoms with E-state index < -0.39 is 0 Å². The molecular formula is C20H26N2O2. The fourth-order valence-electron chi connectivity index (χ4n) is 2.46. The highest BCUT2D eigenvalue weighted by Gasteiger charge is 2.07. The molecule has 0 saturated carbocycles. The third kappa shape index (κ3) is 5.01. The van der Waals surface area contributed by atoms with Crippen molar-refractivity contribution < 1.29 is 9.53 Å². The molecule has 0 aliphatic rings. The van der Waals surface area contributed by atoms with Crippen molar-refractivity contribution >= 4 is 6.03 Å². The van der Waals surface area contributed by atoms with Gasteiger partial charge in [-0.1, -0.05) is 42.0 Å². The Balaban J connectivity index is 1.72. The van der Waals surface area contributed by atoms with Crippen molar-refractivity contribution in [3.63, 3.8) is 0 Å². The number of aryl methyl sites for hydroxylation is 3. The Kier molecular flexibility index (Phi) is 6.24. The molecule has 0 fully saturated rings. The van der Waals surface area contributed by atoms with Crippen LogP contribution in [0, 0.1) is 27.7 Å². The molecule has 2 amide bonds. The second-order valence-corrected chi connectivity index (χ2v) is 6.11. The topological polar surface area (TPSA) is 50.4 Å². The minimum atomic E-state index is -0.218. The molecule has 2 aromatic rings. The van der Waals surface area contributed by atoms with E-state index in [4.69, 9.17) is 4.74 Å². The van der Waals surface area contributed by atoms with Crippen LogP contribution in [-0.2, 0) is 6.42 Å². The standard InChI is InChI=1S/C20H26N2O2/c1-14-5-9-18(10-6-14)11-12-21-20(23)22-13-24-19-16(3)8-7-15(2)17(19)4/h5-10H,11-13H2,1-4H3,(H2,21,22,23). The summed E-state index contributed by atoms with van der Waals surface area (Å²) >= 11 is 0. The van der Waals surface area contributed by atoms with Gasteiger partial charge in [-0.2, -0.15) is 0 Å². The molecule has 0 heterocycles. The zero-order chi connectivity index (χ0) is 17.5. The molecule has 0 radical (unpaired) electrons. The van der Waals surface area contributed by atoms with Crippen LogP contribution in [0.3, 0.4) is 0 Å². The van der Waals surface area contributed by atoms with E-state index in [1.54, 1.807) is 0 Å². The molecule has 24 heavy (non-hydrogen) atoms. The minimum Gasteiger partial charge on any atom is -0.473 e. The first-order valence-electron chi connectivity index (χ1n) is 8.24. The number of hydrogen-bond acceptors (Lipinski definition) is 2. The lowest BCUT2D eigenvalue weighted by Crippen LogP contribution is -2.38. The van der Waals surface area contributed by atoms with Gasteiger partial charge >= 0.3 is 6.03 Å². The van der Waals surface area contributed by atoms with Gasteiger partial charge in [-0.3, -0.25) is 0 Å². The Morgan fingerprint density at radius 3 is 2.29 bits per heavy atom. The largest absolute Gasteiger partial charge is 0.473 e. The molecule has 0 saturated heterocycles. The number of nitrogens with one attached hydrogen (secondary N) is 2. The highest BCUT2D eigenvalue weighted by molar-refractivity contribution is 5.73. The van der Waals surface area contributed by atoms with Gasteiger partial charge in [0.25, 0.3) is 0 Å². The van der Waals surface area contributed by atoms with Gasteiger partial charge in [-0.05, 0) is 56.4 Å². The van der Waals surface area contributed by atoms with Crippen LogP contribution in [0.5, 0.6) is 5.75 Å². The number of carbonyl (C=O) groups excluding carboxylic acids is 1. The molecule has 4 heteroatoms. The van der Waals surface area contributed by atoms with Crippen molar-refractivity contribution in [2.24, 2.45) is 0 Å². The van der Waals surface area contributed by atoms with Crippen LogP contribution in [0.2, 0.25) is 0 Å². The minimum absolute atomic E-state index is 0.154. The SMILES string of the molecule is Cc1ccc(CCNC(=O)NCOc2c(C)ccc(C)c2C)cc1. The fourth-order valence-corrected chi connectivity index (χ4v) is 2.46. The molecule has 0 aromatic heterocycles. The Hall–Kier alpha value is -2.49. The molecule has 0 aliphatic heterocycles. The summed E-state index contributed by atoms with van der Waals surface area (Å²) in [5.74, 6) is 0.843. The van der Waals surface area contributed by atoms with Crippen LogP contribution in [0.25, 0.3) is 0 Å². The molecule has 128 valence electrons. The summed E-state index contributed by atoms with van der Waals surface area (Å²) in [6.07, 6.45) is 0.810. The molecule has 0 bridgehead atoms. The third-order valence-electron chi connectivity index (χ3n) is 4.14. The highest BCUT2D eigenvalue weighted by atomic mass is 16.5. The Bertz CT molecular complexity index is 694. The van der Waals surface area contributed by atoms with E-state index in [9.17, 15) is 4.79 Å². The van der Waals surface area contributed by atoms with Crippen molar-refractivity contribution in [3.8, 4) is 5.75 Å². The zero-order valence-electron chi connectivity index (χ0n) is 14.9. The molecule has 0 spiro atoms. The van der Waals surface area contributed by atoms with Gasteiger partial charge in [0, 0.05) is 6.54 Å². The van der Waals surface area contributed by atoms with Crippen molar-refractivity contribution in [1.82, 2.24) is 10.6 Å². The van der Waals surface area contributed by atoms with E-state index in [0.29, 0.717) is 6.54 Å². The van der Waals surface area contributed by atoms with Crippen molar-refractivity contribution in [2.75, 3.05) is 13.3 Å². The molecule has 4 nitrogen and oxygen atoms in total. The van der Waals surface area contributed by atoms with E-state index in [0.717, 1.165) is 23.3 Å². The lowest BCUT2D eigenvalue weighted by molar-refractivity contribution is 0.223. The maximum atomic E-state index is 11.8. The average Bonchev–Trinajstić information content (AvgIpc) is 2.56. The second kappa shape index (κ2) is 8.39. The predicted molar refractivity (Wildman–Crippen MR) is 97.6 cm³/mol. The Labute approximate surface area is 144 Å². The Morgan fingerprint density at radius 2 is 1.58 bits per heavy atom. The van der Waals surface area contributed by atoms with E-state index >= 15 is 0 Å². The number of amides is 2. The van der Waals surface area contributed by atoms with Crippen LogP contribution in [0.1, 0.15) is 27.8 Å². The quantitative estimate of drug-likeness (QED) is 0.793. The van der Waals surface area contributed by atoms with Crippen LogP contribution in [0.15, 0.2) is 36.4 Å². The number of benzene rings is 2. The lowest BCUT2D eigenvalue weighted by Gasteiger charge is -2.14. The zero-order valence-corrected chi connectivity index (χ0v) is 14.9. The molecule has 2 rings (SSSR count).